The van der Waals surface area contributed by atoms with Crippen LogP contribution in [0.25, 0.3) is 0 Å². The molecule has 0 radical (unpaired) electrons. The molecule has 3 aromatic rings. The number of halogens is 1. The molecule has 4 rings (SSSR count). The van der Waals surface area contributed by atoms with Gasteiger partial charge in [-0.1, -0.05) is 35.9 Å². The number of ether oxygens (including phenoxy) is 1. The van der Waals surface area contributed by atoms with Crippen LogP contribution in [0.2, 0.25) is 5.02 Å². The van der Waals surface area contributed by atoms with Crippen LogP contribution in [-0.4, -0.2) is 18.0 Å². The zero-order chi connectivity index (χ0) is 21.8. The van der Waals surface area contributed by atoms with Crippen LogP contribution in [0.5, 0.6) is 5.75 Å². The molecule has 0 spiro atoms. The van der Waals surface area contributed by atoms with Gasteiger partial charge >= 0.3 is 6.03 Å². The second kappa shape index (κ2) is 9.10. The smallest absolute Gasteiger partial charge is 0.323 e. The summed E-state index contributed by atoms with van der Waals surface area (Å²) in [5.74, 6) is 0.498. The Bertz CT molecular complexity index is 1130. The van der Waals surface area contributed by atoms with Crippen molar-refractivity contribution in [3.8, 4) is 5.75 Å². The zero-order valence-corrected chi connectivity index (χ0v) is 17.7. The number of aryl methyl sites for hydroxylation is 1. The third-order valence-electron chi connectivity index (χ3n) is 4.92. The summed E-state index contributed by atoms with van der Waals surface area (Å²) in [5.41, 5.74) is 4.21. The van der Waals surface area contributed by atoms with Gasteiger partial charge in [0, 0.05) is 29.4 Å². The summed E-state index contributed by atoms with van der Waals surface area (Å²) in [5, 5.41) is 9.13. The number of amides is 3. The molecule has 1 aliphatic rings. The number of anilines is 2. The van der Waals surface area contributed by atoms with Crippen molar-refractivity contribution >= 4 is 34.9 Å². The number of carbonyl (C=O) groups excluding carboxylic acids is 2. The lowest BCUT2D eigenvalue weighted by molar-refractivity contribution is -0.127. The molecule has 3 amide bonds. The van der Waals surface area contributed by atoms with E-state index in [1.165, 1.54) is 0 Å². The van der Waals surface area contributed by atoms with Crippen LogP contribution in [0, 0.1) is 6.92 Å². The summed E-state index contributed by atoms with van der Waals surface area (Å²) < 4.78 is 5.72. The fraction of sp³-hybridized carbons (Fsp3) is 0.167. The van der Waals surface area contributed by atoms with Crippen molar-refractivity contribution in [1.29, 1.82) is 0 Å². The van der Waals surface area contributed by atoms with Gasteiger partial charge in [0.05, 0.1) is 0 Å². The van der Waals surface area contributed by atoms with Crippen molar-refractivity contribution in [2.24, 2.45) is 0 Å². The first-order valence-corrected chi connectivity index (χ1v) is 10.3. The van der Waals surface area contributed by atoms with Gasteiger partial charge < -0.3 is 20.7 Å². The molecule has 3 N–H and O–H groups in total. The van der Waals surface area contributed by atoms with Crippen molar-refractivity contribution in [2.75, 3.05) is 10.6 Å². The van der Waals surface area contributed by atoms with E-state index in [9.17, 15) is 9.59 Å². The summed E-state index contributed by atoms with van der Waals surface area (Å²) in [6, 6.07) is 19.9. The Labute approximate surface area is 185 Å². The first-order valence-electron chi connectivity index (χ1n) is 9.93. The topological polar surface area (TPSA) is 79.5 Å². The highest BCUT2D eigenvalue weighted by Gasteiger charge is 2.29. The fourth-order valence-corrected chi connectivity index (χ4v) is 3.64. The summed E-state index contributed by atoms with van der Waals surface area (Å²) >= 11 is 6.00. The fourth-order valence-electron chi connectivity index (χ4n) is 3.44. The monoisotopic (exact) mass is 435 g/mol. The summed E-state index contributed by atoms with van der Waals surface area (Å²) in [4.78, 5) is 24.8. The van der Waals surface area contributed by atoms with Gasteiger partial charge in [0.1, 0.15) is 5.75 Å². The maximum atomic E-state index is 12.5. The minimum atomic E-state index is -0.574. The number of hydrogen-bond acceptors (Lipinski definition) is 3. The van der Waals surface area contributed by atoms with E-state index in [2.05, 4.69) is 16.0 Å². The van der Waals surface area contributed by atoms with Gasteiger partial charge in [-0.25, -0.2) is 4.79 Å². The standard InChI is InChI=1S/C24H22ClN3O3/c1-15-4-2-6-19(10-15)27-24(30)28-20-7-3-5-16(11-20)14-26-23(29)22-13-17-12-18(25)8-9-21(17)31-22/h2-12,22H,13-14H2,1H3,(H,26,29)(H2,27,28,30)/t22-/m1/s1. The number of urea groups is 1. The van der Waals surface area contributed by atoms with Gasteiger partial charge in [0.25, 0.3) is 5.91 Å². The van der Waals surface area contributed by atoms with Crippen molar-refractivity contribution in [1.82, 2.24) is 5.32 Å². The van der Waals surface area contributed by atoms with E-state index in [4.69, 9.17) is 16.3 Å². The first-order chi connectivity index (χ1) is 15.0. The normalized spacial score (nSPS) is 14.3. The van der Waals surface area contributed by atoms with E-state index >= 15 is 0 Å². The highest BCUT2D eigenvalue weighted by atomic mass is 35.5. The quantitative estimate of drug-likeness (QED) is 0.532. The molecule has 0 fully saturated rings. The molecule has 1 atom stereocenters. The molecule has 0 unspecified atom stereocenters. The Morgan fingerprint density at radius 3 is 2.52 bits per heavy atom. The van der Waals surface area contributed by atoms with Crippen LogP contribution in [0.1, 0.15) is 16.7 Å². The van der Waals surface area contributed by atoms with Gasteiger partial charge in [-0.05, 0) is 66.1 Å². The molecule has 31 heavy (non-hydrogen) atoms. The average Bonchev–Trinajstić information content (AvgIpc) is 3.15. The van der Waals surface area contributed by atoms with Crippen LogP contribution in [0.3, 0.4) is 0 Å². The van der Waals surface area contributed by atoms with Crippen molar-refractivity contribution < 1.29 is 14.3 Å². The molecule has 0 aromatic heterocycles. The second-order valence-corrected chi connectivity index (χ2v) is 7.87. The van der Waals surface area contributed by atoms with Crippen LogP contribution in [0.4, 0.5) is 16.2 Å². The predicted octanol–water partition coefficient (Wildman–Crippen LogP) is 4.91. The van der Waals surface area contributed by atoms with Crippen LogP contribution in [-0.2, 0) is 17.8 Å². The molecule has 0 aliphatic carbocycles. The lowest BCUT2D eigenvalue weighted by Crippen LogP contribution is -2.37. The lowest BCUT2D eigenvalue weighted by atomic mass is 10.1. The zero-order valence-electron chi connectivity index (χ0n) is 16.9. The van der Waals surface area contributed by atoms with Crippen molar-refractivity contribution in [3.63, 3.8) is 0 Å². The van der Waals surface area contributed by atoms with E-state index in [1.807, 2.05) is 55.5 Å². The summed E-state index contributed by atoms with van der Waals surface area (Å²) in [6.07, 6.45) is -0.0856. The Kier molecular flexibility index (Phi) is 6.09. The van der Waals surface area contributed by atoms with Crippen LogP contribution in [0.15, 0.2) is 66.7 Å². The highest BCUT2D eigenvalue weighted by molar-refractivity contribution is 6.30. The van der Waals surface area contributed by atoms with Crippen molar-refractivity contribution in [3.05, 3.63) is 88.4 Å². The summed E-state index contributed by atoms with van der Waals surface area (Å²) in [6.45, 7) is 2.29. The minimum Gasteiger partial charge on any atom is -0.480 e. The number of carbonyl (C=O) groups is 2. The van der Waals surface area contributed by atoms with Crippen LogP contribution < -0.4 is 20.7 Å². The second-order valence-electron chi connectivity index (χ2n) is 7.43. The molecule has 158 valence electrons. The number of benzene rings is 3. The Hall–Kier alpha value is -3.51. The maximum Gasteiger partial charge on any atom is 0.323 e. The van der Waals surface area contributed by atoms with Gasteiger partial charge in [0.15, 0.2) is 6.10 Å². The minimum absolute atomic E-state index is 0.192. The Balaban J connectivity index is 1.30. The molecule has 7 heteroatoms. The molecule has 6 nitrogen and oxygen atoms in total. The maximum absolute atomic E-state index is 12.5. The van der Waals surface area contributed by atoms with Gasteiger partial charge in [-0.2, -0.15) is 0 Å². The molecule has 3 aromatic carbocycles. The molecule has 0 saturated carbocycles. The largest absolute Gasteiger partial charge is 0.480 e. The number of nitrogens with one attached hydrogen (secondary N) is 3. The average molecular weight is 436 g/mol. The van der Waals surface area contributed by atoms with E-state index < -0.39 is 6.10 Å². The van der Waals surface area contributed by atoms with E-state index in [0.29, 0.717) is 29.4 Å². The third-order valence-corrected chi connectivity index (χ3v) is 5.15. The number of rotatable bonds is 5. The molecule has 1 aliphatic heterocycles. The van der Waals surface area contributed by atoms with E-state index in [-0.39, 0.29) is 11.9 Å². The van der Waals surface area contributed by atoms with E-state index in [1.54, 1.807) is 18.2 Å². The molecule has 1 heterocycles. The first kappa shape index (κ1) is 20.8. The van der Waals surface area contributed by atoms with Gasteiger partial charge in [-0.15, -0.1) is 0 Å². The van der Waals surface area contributed by atoms with E-state index in [0.717, 1.165) is 22.4 Å². The third kappa shape index (κ3) is 5.35. The van der Waals surface area contributed by atoms with Gasteiger partial charge in [0.2, 0.25) is 0 Å². The Morgan fingerprint density at radius 1 is 1.00 bits per heavy atom. The van der Waals surface area contributed by atoms with Gasteiger partial charge in [-0.3, -0.25) is 4.79 Å². The molecule has 0 bridgehead atoms. The lowest BCUT2D eigenvalue weighted by Gasteiger charge is -2.12. The predicted molar refractivity (Wildman–Crippen MR) is 122 cm³/mol. The number of hydrogen-bond donors (Lipinski definition) is 3. The molecule has 0 saturated heterocycles. The molecular formula is C24H22ClN3O3. The summed E-state index contributed by atoms with van der Waals surface area (Å²) in [7, 11) is 0. The Morgan fingerprint density at radius 2 is 1.74 bits per heavy atom. The SMILES string of the molecule is Cc1cccc(NC(=O)Nc2cccc(CNC(=O)[C@H]3Cc4cc(Cl)ccc4O3)c2)c1. The highest BCUT2D eigenvalue weighted by Crippen LogP contribution is 2.31. The van der Waals surface area contributed by atoms with Crippen LogP contribution >= 0.6 is 11.6 Å². The molecular weight excluding hydrogens is 414 g/mol. The number of fused-ring (bicyclic) bond motifs is 1. The van der Waals surface area contributed by atoms with Crippen molar-refractivity contribution in [2.45, 2.75) is 26.0 Å².